The molecule has 2 rings (SSSR count). The van der Waals surface area contributed by atoms with Gasteiger partial charge in [0.05, 0.1) is 12.2 Å². The first-order valence-corrected chi connectivity index (χ1v) is 6.26. The normalized spacial score (nSPS) is 43.3. The quantitative estimate of drug-likeness (QED) is 0.734. The summed E-state index contributed by atoms with van der Waals surface area (Å²) in [5, 5.41) is 3.78. The maximum absolute atomic E-state index is 6.18. The van der Waals surface area contributed by atoms with Crippen LogP contribution in [0.5, 0.6) is 0 Å². The van der Waals surface area contributed by atoms with Gasteiger partial charge in [-0.2, -0.15) is 0 Å². The summed E-state index contributed by atoms with van der Waals surface area (Å²) in [7, 11) is 0. The average molecular weight is 197 g/mol. The lowest BCUT2D eigenvalue weighted by atomic mass is 9.88. The van der Waals surface area contributed by atoms with Crippen molar-refractivity contribution in [3.8, 4) is 0 Å². The van der Waals surface area contributed by atoms with Crippen molar-refractivity contribution in [1.82, 2.24) is 5.32 Å². The molecule has 0 bridgehead atoms. The summed E-state index contributed by atoms with van der Waals surface area (Å²) in [6.45, 7) is 4.49. The predicted octanol–water partition coefficient (Wildman–Crippen LogP) is 2.47. The summed E-state index contributed by atoms with van der Waals surface area (Å²) in [4.78, 5) is 0. The minimum absolute atomic E-state index is 0.458. The van der Waals surface area contributed by atoms with Crippen molar-refractivity contribution in [3.05, 3.63) is 0 Å². The Morgan fingerprint density at radius 1 is 1.14 bits per heavy atom. The van der Waals surface area contributed by atoms with Crippen molar-refractivity contribution < 1.29 is 4.74 Å². The molecule has 2 heteroatoms. The minimum atomic E-state index is 0.458. The predicted molar refractivity (Wildman–Crippen MR) is 58.4 cm³/mol. The molecule has 1 N–H and O–H groups in total. The van der Waals surface area contributed by atoms with Gasteiger partial charge in [0.15, 0.2) is 0 Å². The summed E-state index contributed by atoms with van der Waals surface area (Å²) in [6.07, 6.45) is 8.63. The number of hydrogen-bond acceptors (Lipinski definition) is 2. The Kier molecular flexibility index (Phi) is 3.45. The highest BCUT2D eigenvalue weighted by molar-refractivity contribution is 4.92. The van der Waals surface area contributed by atoms with Gasteiger partial charge in [-0.05, 0) is 25.7 Å². The molecule has 0 aromatic carbocycles. The maximum atomic E-state index is 6.18. The second-order valence-corrected chi connectivity index (χ2v) is 4.69. The van der Waals surface area contributed by atoms with Gasteiger partial charge in [-0.1, -0.05) is 26.7 Å². The van der Waals surface area contributed by atoms with Gasteiger partial charge in [0.2, 0.25) is 0 Å². The number of hydrogen-bond donors (Lipinski definition) is 1. The van der Waals surface area contributed by atoms with Gasteiger partial charge >= 0.3 is 0 Å². The zero-order valence-electron chi connectivity index (χ0n) is 9.46. The van der Waals surface area contributed by atoms with Gasteiger partial charge in [0.25, 0.3) is 0 Å². The Morgan fingerprint density at radius 2 is 1.93 bits per heavy atom. The molecule has 2 fully saturated rings. The number of ether oxygens (including phenoxy) is 1. The van der Waals surface area contributed by atoms with Gasteiger partial charge in [0.1, 0.15) is 0 Å². The van der Waals surface area contributed by atoms with Crippen LogP contribution in [-0.2, 0) is 4.74 Å². The first-order valence-electron chi connectivity index (χ1n) is 6.26. The molecule has 1 aliphatic heterocycles. The van der Waals surface area contributed by atoms with E-state index in [-0.39, 0.29) is 0 Å². The van der Waals surface area contributed by atoms with Crippen LogP contribution in [0.4, 0.5) is 0 Å². The Morgan fingerprint density at radius 3 is 2.64 bits per heavy atom. The van der Waals surface area contributed by atoms with Crippen LogP contribution in [0.1, 0.15) is 52.4 Å². The summed E-state index contributed by atoms with van der Waals surface area (Å²) < 4.78 is 6.18. The van der Waals surface area contributed by atoms with Crippen LogP contribution in [-0.4, -0.2) is 24.3 Å². The molecule has 1 saturated heterocycles. The van der Waals surface area contributed by atoms with E-state index in [0.29, 0.717) is 24.3 Å². The molecule has 4 atom stereocenters. The van der Waals surface area contributed by atoms with Crippen LogP contribution in [0.2, 0.25) is 0 Å². The highest BCUT2D eigenvalue weighted by atomic mass is 16.5. The molecular formula is C12H23NO. The van der Waals surface area contributed by atoms with E-state index in [1.165, 1.54) is 32.1 Å². The van der Waals surface area contributed by atoms with Crippen LogP contribution >= 0.6 is 0 Å². The lowest BCUT2D eigenvalue weighted by Crippen LogP contribution is -2.59. The van der Waals surface area contributed by atoms with Gasteiger partial charge in [-0.25, -0.2) is 0 Å². The molecule has 1 aliphatic carbocycles. The Bertz CT molecular complexity index is 159. The SMILES string of the molecule is CCC1NC2CCCCC2OC1CC. The van der Waals surface area contributed by atoms with E-state index in [9.17, 15) is 0 Å². The van der Waals surface area contributed by atoms with E-state index in [2.05, 4.69) is 19.2 Å². The summed E-state index contributed by atoms with van der Waals surface area (Å²) in [5.41, 5.74) is 0. The Labute approximate surface area is 87.4 Å². The van der Waals surface area contributed by atoms with Crippen molar-refractivity contribution in [1.29, 1.82) is 0 Å². The van der Waals surface area contributed by atoms with Crippen LogP contribution in [0.15, 0.2) is 0 Å². The van der Waals surface area contributed by atoms with Crippen molar-refractivity contribution >= 4 is 0 Å². The monoisotopic (exact) mass is 197 g/mol. The van der Waals surface area contributed by atoms with Crippen LogP contribution < -0.4 is 5.32 Å². The topological polar surface area (TPSA) is 21.3 Å². The minimum Gasteiger partial charge on any atom is -0.372 e. The Hall–Kier alpha value is -0.0800. The molecule has 0 amide bonds. The van der Waals surface area contributed by atoms with E-state index >= 15 is 0 Å². The fraction of sp³-hybridized carbons (Fsp3) is 1.00. The van der Waals surface area contributed by atoms with Gasteiger partial charge in [-0.3, -0.25) is 0 Å². The van der Waals surface area contributed by atoms with Crippen LogP contribution in [0.3, 0.4) is 0 Å². The highest BCUT2D eigenvalue weighted by Crippen LogP contribution is 2.28. The Balaban J connectivity index is 1.98. The van der Waals surface area contributed by atoms with Crippen LogP contribution in [0.25, 0.3) is 0 Å². The van der Waals surface area contributed by atoms with Crippen molar-refractivity contribution in [2.75, 3.05) is 0 Å². The molecule has 2 aliphatic rings. The first kappa shape index (κ1) is 10.4. The molecule has 82 valence electrons. The second kappa shape index (κ2) is 4.63. The standard InChI is InChI=1S/C12H23NO/c1-3-9-11(4-2)14-12-8-6-5-7-10(12)13-9/h9-13H,3-8H2,1-2H3. The molecular weight excluding hydrogens is 174 g/mol. The molecule has 0 radical (unpaired) electrons. The zero-order chi connectivity index (χ0) is 9.97. The zero-order valence-corrected chi connectivity index (χ0v) is 9.46. The number of morpholine rings is 1. The largest absolute Gasteiger partial charge is 0.372 e. The number of nitrogens with one attached hydrogen (secondary N) is 1. The third-order valence-corrected chi connectivity index (χ3v) is 3.77. The molecule has 0 spiro atoms. The van der Waals surface area contributed by atoms with Crippen molar-refractivity contribution in [2.45, 2.75) is 76.7 Å². The third kappa shape index (κ3) is 1.96. The highest BCUT2D eigenvalue weighted by Gasteiger charge is 2.36. The van der Waals surface area contributed by atoms with Crippen molar-refractivity contribution in [2.24, 2.45) is 0 Å². The molecule has 0 aromatic heterocycles. The lowest BCUT2D eigenvalue weighted by molar-refractivity contribution is -0.102. The van der Waals surface area contributed by atoms with E-state index < -0.39 is 0 Å². The molecule has 1 saturated carbocycles. The fourth-order valence-corrected chi connectivity index (χ4v) is 2.91. The van der Waals surface area contributed by atoms with Crippen molar-refractivity contribution in [3.63, 3.8) is 0 Å². The van der Waals surface area contributed by atoms with E-state index in [4.69, 9.17) is 4.74 Å². The van der Waals surface area contributed by atoms with E-state index in [0.717, 1.165) is 6.42 Å². The molecule has 2 nitrogen and oxygen atoms in total. The fourth-order valence-electron chi connectivity index (χ4n) is 2.91. The summed E-state index contributed by atoms with van der Waals surface area (Å²) in [5.74, 6) is 0. The third-order valence-electron chi connectivity index (χ3n) is 3.77. The van der Waals surface area contributed by atoms with E-state index in [1.54, 1.807) is 0 Å². The molecule has 0 aromatic rings. The second-order valence-electron chi connectivity index (χ2n) is 4.69. The smallest absolute Gasteiger partial charge is 0.0732 e. The van der Waals surface area contributed by atoms with Gasteiger partial charge < -0.3 is 10.1 Å². The van der Waals surface area contributed by atoms with Gasteiger partial charge in [0, 0.05) is 12.1 Å². The number of rotatable bonds is 2. The average Bonchev–Trinajstić information content (AvgIpc) is 2.27. The summed E-state index contributed by atoms with van der Waals surface area (Å²) in [6, 6.07) is 1.25. The first-order chi connectivity index (χ1) is 6.85. The van der Waals surface area contributed by atoms with Gasteiger partial charge in [-0.15, -0.1) is 0 Å². The lowest BCUT2D eigenvalue weighted by Gasteiger charge is -2.44. The number of fused-ring (bicyclic) bond motifs is 1. The maximum Gasteiger partial charge on any atom is 0.0732 e. The molecule has 14 heavy (non-hydrogen) atoms. The van der Waals surface area contributed by atoms with E-state index in [1.807, 2.05) is 0 Å². The molecule has 1 heterocycles. The summed E-state index contributed by atoms with van der Waals surface area (Å²) >= 11 is 0. The van der Waals surface area contributed by atoms with Crippen LogP contribution in [0, 0.1) is 0 Å². The molecule has 4 unspecified atom stereocenters.